The third-order valence-electron chi connectivity index (χ3n) is 12.8. The van der Waals surface area contributed by atoms with Gasteiger partial charge in [0.2, 0.25) is 0 Å². The van der Waals surface area contributed by atoms with Crippen LogP contribution in [0.15, 0.2) is 211 Å². The van der Waals surface area contributed by atoms with Gasteiger partial charge in [-0.2, -0.15) is 0 Å². The molecular weight excluding hydrogens is 713 g/mol. The molecule has 1 aromatic heterocycles. The van der Waals surface area contributed by atoms with E-state index in [9.17, 15) is 0 Å². The number of hydrogen-bond donors (Lipinski definition) is 0. The van der Waals surface area contributed by atoms with E-state index in [4.69, 9.17) is 4.42 Å². The lowest BCUT2D eigenvalue weighted by Crippen LogP contribution is -1.89. The summed E-state index contributed by atoms with van der Waals surface area (Å²) in [7, 11) is 0. The summed E-state index contributed by atoms with van der Waals surface area (Å²) in [5, 5.41) is 20.1. The van der Waals surface area contributed by atoms with Crippen LogP contribution in [0.25, 0.3) is 131 Å². The molecule has 12 aromatic carbocycles. The molecule has 272 valence electrons. The number of hydrogen-bond acceptors (Lipinski definition) is 1. The molecule has 1 heterocycles. The smallest absolute Gasteiger partial charge is 0.135 e. The van der Waals surface area contributed by atoms with Crippen LogP contribution in [0.3, 0.4) is 0 Å². The maximum atomic E-state index is 6.44. The third-order valence-corrected chi connectivity index (χ3v) is 12.8. The van der Waals surface area contributed by atoms with Gasteiger partial charge in [-0.1, -0.05) is 158 Å². The second-order valence-electron chi connectivity index (χ2n) is 16.0. The molecule has 13 aromatic rings. The number of furan rings is 1. The van der Waals surface area contributed by atoms with Crippen molar-refractivity contribution in [2.45, 2.75) is 0 Å². The van der Waals surface area contributed by atoms with Gasteiger partial charge in [-0.05, 0) is 157 Å². The molecule has 0 unspecified atom stereocenters. The lowest BCUT2D eigenvalue weighted by atomic mass is 9.87. The van der Waals surface area contributed by atoms with E-state index in [1.807, 2.05) is 0 Å². The molecule has 0 saturated heterocycles. The standard InChI is InChI=1S/C58H34O/c1-2-12-42-38(11-1)32-51(46-16-5-3-13-43(42)46)40-26-28-57-54(33-40)53-31-37(25-27-56(53)59-57)36-23-21-35-22-24-39(30-41(35)29-36)52-34-55-47-17-6-4-14-44(47)45-15-7-9-19-49(45)58(55)50-20-10-8-18-48(50)52/h1-34H. The van der Waals surface area contributed by atoms with Crippen molar-refractivity contribution in [2.24, 2.45) is 0 Å². The van der Waals surface area contributed by atoms with Crippen molar-refractivity contribution in [2.75, 3.05) is 0 Å². The Morgan fingerprint density at radius 2 is 0.644 bits per heavy atom. The Morgan fingerprint density at radius 1 is 0.220 bits per heavy atom. The monoisotopic (exact) mass is 746 g/mol. The van der Waals surface area contributed by atoms with Crippen LogP contribution in [-0.2, 0) is 0 Å². The van der Waals surface area contributed by atoms with Crippen LogP contribution in [0, 0.1) is 0 Å². The summed E-state index contributed by atoms with van der Waals surface area (Å²) in [6.45, 7) is 0. The van der Waals surface area contributed by atoms with Crippen LogP contribution in [0.5, 0.6) is 0 Å². The Hall–Kier alpha value is -7.74. The Balaban J connectivity index is 0.960. The summed E-state index contributed by atoms with van der Waals surface area (Å²) in [6.07, 6.45) is 0. The largest absolute Gasteiger partial charge is 0.456 e. The van der Waals surface area contributed by atoms with Gasteiger partial charge >= 0.3 is 0 Å². The summed E-state index contributed by atoms with van der Waals surface area (Å²) < 4.78 is 6.44. The Kier molecular flexibility index (Phi) is 6.79. The molecule has 1 nitrogen and oxygen atoms in total. The predicted molar refractivity (Wildman–Crippen MR) is 253 cm³/mol. The van der Waals surface area contributed by atoms with Gasteiger partial charge in [0.15, 0.2) is 0 Å². The van der Waals surface area contributed by atoms with Crippen molar-refractivity contribution < 1.29 is 4.42 Å². The van der Waals surface area contributed by atoms with E-state index in [2.05, 4.69) is 206 Å². The van der Waals surface area contributed by atoms with Crippen LogP contribution >= 0.6 is 0 Å². The SMILES string of the molecule is c1ccc2c(c1)cc(-c1ccc3oc4ccc(-c5ccc6ccc(-c7cc8c9ccccc9c9ccccc9c8c8ccccc78)cc6c5)cc4c3c1)c1ccccc12. The average Bonchev–Trinajstić information content (AvgIpc) is 3.68. The predicted octanol–water partition coefficient (Wildman–Crippen LogP) is 16.7. The normalized spacial score (nSPS) is 12.1. The minimum absolute atomic E-state index is 0.899. The topological polar surface area (TPSA) is 13.1 Å². The zero-order valence-electron chi connectivity index (χ0n) is 32.0. The van der Waals surface area contributed by atoms with E-state index < -0.39 is 0 Å². The highest BCUT2D eigenvalue weighted by Gasteiger charge is 2.17. The molecule has 0 aliphatic carbocycles. The van der Waals surface area contributed by atoms with Crippen molar-refractivity contribution in [1.29, 1.82) is 0 Å². The zero-order valence-corrected chi connectivity index (χ0v) is 32.0. The fraction of sp³-hybridized carbons (Fsp3) is 0. The first-order chi connectivity index (χ1) is 29.2. The molecule has 0 bridgehead atoms. The molecule has 0 aliphatic heterocycles. The first-order valence-electron chi connectivity index (χ1n) is 20.4. The molecule has 0 spiro atoms. The van der Waals surface area contributed by atoms with Crippen molar-refractivity contribution in [1.82, 2.24) is 0 Å². The first kappa shape index (κ1) is 32.4. The van der Waals surface area contributed by atoms with Crippen LogP contribution < -0.4 is 0 Å². The maximum absolute atomic E-state index is 6.44. The van der Waals surface area contributed by atoms with Gasteiger partial charge in [-0.15, -0.1) is 0 Å². The maximum Gasteiger partial charge on any atom is 0.135 e. The molecule has 1 heteroatoms. The fourth-order valence-electron chi connectivity index (χ4n) is 10.0. The molecule has 0 amide bonds. The first-order valence-corrected chi connectivity index (χ1v) is 20.4. The quantitative estimate of drug-likeness (QED) is 0.164. The molecule has 0 aliphatic rings. The summed E-state index contributed by atoms with van der Waals surface area (Å²) in [5.41, 5.74) is 9.04. The Bertz CT molecular complexity index is 3900. The van der Waals surface area contributed by atoms with Gasteiger partial charge in [-0.25, -0.2) is 0 Å². The molecule has 0 atom stereocenters. The van der Waals surface area contributed by atoms with E-state index in [1.165, 1.54) is 109 Å². The minimum Gasteiger partial charge on any atom is -0.456 e. The number of rotatable bonds is 3. The lowest BCUT2D eigenvalue weighted by Gasteiger charge is -2.16. The second kappa shape index (κ2) is 12.4. The van der Waals surface area contributed by atoms with Crippen molar-refractivity contribution >= 4 is 97.3 Å². The summed E-state index contributed by atoms with van der Waals surface area (Å²) in [6, 6.07) is 75.9. The van der Waals surface area contributed by atoms with E-state index in [1.54, 1.807) is 0 Å². The number of fused-ring (bicyclic) bond motifs is 15. The van der Waals surface area contributed by atoms with Crippen molar-refractivity contribution in [3.63, 3.8) is 0 Å². The molecule has 13 rings (SSSR count). The lowest BCUT2D eigenvalue weighted by molar-refractivity contribution is 0.669. The van der Waals surface area contributed by atoms with Gasteiger partial charge in [0.25, 0.3) is 0 Å². The van der Waals surface area contributed by atoms with Gasteiger partial charge in [0, 0.05) is 10.8 Å². The molecule has 0 saturated carbocycles. The Labute approximate surface area is 340 Å². The van der Waals surface area contributed by atoms with Gasteiger partial charge in [-0.3, -0.25) is 0 Å². The van der Waals surface area contributed by atoms with Crippen LogP contribution in [-0.4, -0.2) is 0 Å². The highest BCUT2D eigenvalue weighted by molar-refractivity contribution is 6.33. The fourth-order valence-corrected chi connectivity index (χ4v) is 10.0. The van der Waals surface area contributed by atoms with Gasteiger partial charge < -0.3 is 4.42 Å². The average molecular weight is 747 g/mol. The minimum atomic E-state index is 0.899. The van der Waals surface area contributed by atoms with E-state index in [0.717, 1.165) is 21.9 Å². The van der Waals surface area contributed by atoms with E-state index in [-0.39, 0.29) is 0 Å². The molecule has 0 N–H and O–H groups in total. The molecule has 0 fully saturated rings. The number of benzene rings is 12. The van der Waals surface area contributed by atoms with E-state index in [0.29, 0.717) is 0 Å². The summed E-state index contributed by atoms with van der Waals surface area (Å²) in [4.78, 5) is 0. The van der Waals surface area contributed by atoms with Crippen LogP contribution in [0.1, 0.15) is 0 Å². The van der Waals surface area contributed by atoms with Crippen molar-refractivity contribution in [3.8, 4) is 33.4 Å². The molecular formula is C58H34O. The highest BCUT2D eigenvalue weighted by Crippen LogP contribution is 2.44. The summed E-state index contributed by atoms with van der Waals surface area (Å²) >= 11 is 0. The summed E-state index contributed by atoms with van der Waals surface area (Å²) in [5.74, 6) is 0. The van der Waals surface area contributed by atoms with Crippen LogP contribution in [0.4, 0.5) is 0 Å². The molecule has 0 radical (unpaired) electrons. The Morgan fingerprint density at radius 3 is 1.36 bits per heavy atom. The highest BCUT2D eigenvalue weighted by atomic mass is 16.3. The van der Waals surface area contributed by atoms with Crippen LogP contribution in [0.2, 0.25) is 0 Å². The second-order valence-corrected chi connectivity index (χ2v) is 16.0. The molecule has 59 heavy (non-hydrogen) atoms. The third kappa shape index (κ3) is 4.86. The van der Waals surface area contributed by atoms with E-state index >= 15 is 0 Å². The van der Waals surface area contributed by atoms with Gasteiger partial charge in [0.05, 0.1) is 0 Å². The van der Waals surface area contributed by atoms with Gasteiger partial charge in [0.1, 0.15) is 11.2 Å². The zero-order chi connectivity index (χ0) is 38.6. The van der Waals surface area contributed by atoms with Crippen molar-refractivity contribution in [3.05, 3.63) is 206 Å².